The van der Waals surface area contributed by atoms with Crippen LogP contribution in [-0.2, 0) is 11.3 Å². The van der Waals surface area contributed by atoms with Gasteiger partial charge in [0.05, 0.1) is 18.2 Å². The van der Waals surface area contributed by atoms with Crippen molar-refractivity contribution >= 4 is 0 Å². The summed E-state index contributed by atoms with van der Waals surface area (Å²) in [6.45, 7) is 3.16. The van der Waals surface area contributed by atoms with E-state index >= 15 is 0 Å². The van der Waals surface area contributed by atoms with E-state index in [1.54, 1.807) is 12.1 Å². The van der Waals surface area contributed by atoms with Gasteiger partial charge < -0.3 is 4.74 Å². The molecule has 0 saturated heterocycles. The lowest BCUT2D eigenvalue weighted by molar-refractivity contribution is 0.114. The van der Waals surface area contributed by atoms with Crippen molar-refractivity contribution in [2.45, 2.75) is 52.1 Å². The predicted octanol–water partition coefficient (Wildman–Crippen LogP) is 4.57. The maximum absolute atomic E-state index is 13.5. The fourth-order valence-corrected chi connectivity index (χ4v) is 1.90. The van der Waals surface area contributed by atoms with Crippen molar-refractivity contribution in [3.05, 3.63) is 35.1 Å². The summed E-state index contributed by atoms with van der Waals surface area (Å²) in [5.74, 6) is -0.359. The van der Waals surface area contributed by atoms with Crippen LogP contribution in [0.25, 0.3) is 0 Å². The minimum absolute atomic E-state index is 0.284. The number of hydrogen-bond acceptors (Lipinski definition) is 2. The Hall–Kier alpha value is -1.40. The molecule has 19 heavy (non-hydrogen) atoms. The van der Waals surface area contributed by atoms with Gasteiger partial charge >= 0.3 is 0 Å². The molecule has 0 amide bonds. The number of nitrogens with zero attached hydrogens (tertiary/aromatic N) is 1. The van der Waals surface area contributed by atoms with Crippen molar-refractivity contribution in [1.82, 2.24) is 0 Å². The second kappa shape index (κ2) is 9.52. The van der Waals surface area contributed by atoms with Crippen LogP contribution in [-0.4, -0.2) is 6.61 Å². The number of benzene rings is 1. The SMILES string of the molecule is CCCCCCCCOCc1ccc(C#N)cc1F. The molecular weight excluding hydrogens is 241 g/mol. The Bertz CT molecular complexity index is 412. The molecule has 2 nitrogen and oxygen atoms in total. The molecule has 0 saturated carbocycles. The summed E-state index contributed by atoms with van der Waals surface area (Å²) in [6, 6.07) is 6.41. The molecular formula is C16H22FNO. The molecule has 0 bridgehead atoms. The molecule has 1 rings (SSSR count). The minimum Gasteiger partial charge on any atom is -0.377 e. The molecule has 1 aromatic carbocycles. The molecule has 0 spiro atoms. The van der Waals surface area contributed by atoms with Crippen molar-refractivity contribution in [3.8, 4) is 6.07 Å². The first-order valence-electron chi connectivity index (χ1n) is 7.04. The molecule has 1 aromatic rings. The van der Waals surface area contributed by atoms with Gasteiger partial charge in [0, 0.05) is 12.2 Å². The van der Waals surface area contributed by atoms with E-state index in [0.717, 1.165) is 6.42 Å². The minimum atomic E-state index is -0.359. The van der Waals surface area contributed by atoms with E-state index in [4.69, 9.17) is 10.00 Å². The first kappa shape index (κ1) is 15.7. The fraction of sp³-hybridized carbons (Fsp3) is 0.562. The molecule has 0 N–H and O–H groups in total. The zero-order valence-electron chi connectivity index (χ0n) is 11.6. The van der Waals surface area contributed by atoms with Gasteiger partial charge in [-0.3, -0.25) is 0 Å². The Morgan fingerprint density at radius 1 is 1.16 bits per heavy atom. The Morgan fingerprint density at radius 3 is 2.58 bits per heavy atom. The normalized spacial score (nSPS) is 10.4. The molecule has 0 heterocycles. The van der Waals surface area contributed by atoms with E-state index in [0.29, 0.717) is 17.7 Å². The van der Waals surface area contributed by atoms with Gasteiger partial charge in [0.2, 0.25) is 0 Å². The molecule has 0 aromatic heterocycles. The van der Waals surface area contributed by atoms with E-state index in [1.165, 1.54) is 38.2 Å². The molecule has 0 radical (unpaired) electrons. The Kier molecular flexibility index (Phi) is 7.84. The van der Waals surface area contributed by atoms with Crippen LogP contribution in [0, 0.1) is 17.1 Å². The van der Waals surface area contributed by atoms with Crippen LogP contribution in [0.5, 0.6) is 0 Å². The molecule has 3 heteroatoms. The lowest BCUT2D eigenvalue weighted by Gasteiger charge is -2.06. The number of unbranched alkanes of at least 4 members (excludes halogenated alkanes) is 5. The summed E-state index contributed by atoms with van der Waals surface area (Å²) >= 11 is 0. The number of hydrogen-bond donors (Lipinski definition) is 0. The highest BCUT2D eigenvalue weighted by atomic mass is 19.1. The van der Waals surface area contributed by atoms with Gasteiger partial charge in [-0.1, -0.05) is 45.1 Å². The van der Waals surface area contributed by atoms with Crippen LogP contribution >= 0.6 is 0 Å². The van der Waals surface area contributed by atoms with Crippen LogP contribution in [0.3, 0.4) is 0 Å². The van der Waals surface area contributed by atoms with Crippen LogP contribution in [0.15, 0.2) is 18.2 Å². The third kappa shape index (κ3) is 6.35. The quantitative estimate of drug-likeness (QED) is 0.611. The zero-order chi connectivity index (χ0) is 13.9. The average molecular weight is 263 g/mol. The van der Waals surface area contributed by atoms with Crippen molar-refractivity contribution < 1.29 is 9.13 Å². The van der Waals surface area contributed by atoms with E-state index < -0.39 is 0 Å². The van der Waals surface area contributed by atoms with Gasteiger partial charge in [-0.2, -0.15) is 5.26 Å². The van der Waals surface area contributed by atoms with Crippen molar-refractivity contribution in [2.24, 2.45) is 0 Å². The topological polar surface area (TPSA) is 33.0 Å². The van der Waals surface area contributed by atoms with Crippen LogP contribution < -0.4 is 0 Å². The third-order valence-corrected chi connectivity index (χ3v) is 3.08. The van der Waals surface area contributed by atoms with E-state index in [-0.39, 0.29) is 12.4 Å². The Labute approximate surface area is 115 Å². The summed E-state index contributed by atoms with van der Waals surface area (Å²) in [7, 11) is 0. The number of halogens is 1. The summed E-state index contributed by atoms with van der Waals surface area (Å²) in [5.41, 5.74) is 0.863. The molecule has 0 aliphatic heterocycles. The number of ether oxygens (including phenoxy) is 1. The summed E-state index contributed by atoms with van der Waals surface area (Å²) in [6.07, 6.45) is 7.31. The molecule has 0 atom stereocenters. The third-order valence-electron chi connectivity index (χ3n) is 3.08. The largest absolute Gasteiger partial charge is 0.377 e. The lowest BCUT2D eigenvalue weighted by Crippen LogP contribution is -1.98. The van der Waals surface area contributed by atoms with Crippen molar-refractivity contribution in [3.63, 3.8) is 0 Å². The Morgan fingerprint density at radius 2 is 1.89 bits per heavy atom. The van der Waals surface area contributed by atoms with E-state index in [2.05, 4.69) is 6.92 Å². The van der Waals surface area contributed by atoms with Crippen LogP contribution in [0.2, 0.25) is 0 Å². The van der Waals surface area contributed by atoms with Gasteiger partial charge in [-0.25, -0.2) is 4.39 Å². The molecule has 0 unspecified atom stereocenters. The van der Waals surface area contributed by atoms with Crippen molar-refractivity contribution in [1.29, 1.82) is 5.26 Å². The van der Waals surface area contributed by atoms with Gasteiger partial charge in [-0.05, 0) is 18.6 Å². The fourth-order valence-electron chi connectivity index (χ4n) is 1.90. The standard InChI is InChI=1S/C16H22FNO/c1-2-3-4-5-6-7-10-19-13-15-9-8-14(12-18)11-16(15)17/h8-9,11H,2-7,10,13H2,1H3. The molecule has 0 fully saturated rings. The first-order chi connectivity index (χ1) is 9.27. The monoisotopic (exact) mass is 263 g/mol. The maximum Gasteiger partial charge on any atom is 0.130 e. The van der Waals surface area contributed by atoms with Gasteiger partial charge in [-0.15, -0.1) is 0 Å². The van der Waals surface area contributed by atoms with Crippen LogP contribution in [0.4, 0.5) is 4.39 Å². The highest BCUT2D eigenvalue weighted by Gasteiger charge is 2.03. The maximum atomic E-state index is 13.5. The Balaban J connectivity index is 2.14. The molecule has 0 aliphatic rings. The molecule has 0 aliphatic carbocycles. The van der Waals surface area contributed by atoms with Gasteiger partial charge in [0.25, 0.3) is 0 Å². The van der Waals surface area contributed by atoms with Gasteiger partial charge in [0.15, 0.2) is 0 Å². The summed E-state index contributed by atoms with van der Waals surface area (Å²) in [5, 5.41) is 8.64. The summed E-state index contributed by atoms with van der Waals surface area (Å²) < 4.78 is 19.0. The highest BCUT2D eigenvalue weighted by molar-refractivity contribution is 5.32. The van der Waals surface area contributed by atoms with Crippen molar-refractivity contribution in [2.75, 3.05) is 6.61 Å². The number of nitriles is 1. The van der Waals surface area contributed by atoms with E-state index in [9.17, 15) is 4.39 Å². The number of rotatable bonds is 9. The lowest BCUT2D eigenvalue weighted by atomic mass is 10.1. The zero-order valence-corrected chi connectivity index (χ0v) is 11.6. The molecule has 104 valence electrons. The average Bonchev–Trinajstić information content (AvgIpc) is 2.43. The first-order valence-corrected chi connectivity index (χ1v) is 7.04. The second-order valence-corrected chi connectivity index (χ2v) is 4.74. The van der Waals surface area contributed by atoms with E-state index in [1.807, 2.05) is 6.07 Å². The van der Waals surface area contributed by atoms with Crippen LogP contribution in [0.1, 0.15) is 56.6 Å². The predicted molar refractivity (Wildman–Crippen MR) is 74.1 cm³/mol. The summed E-state index contributed by atoms with van der Waals surface area (Å²) in [4.78, 5) is 0. The highest BCUT2D eigenvalue weighted by Crippen LogP contribution is 2.12. The van der Waals surface area contributed by atoms with Gasteiger partial charge in [0.1, 0.15) is 5.82 Å². The smallest absolute Gasteiger partial charge is 0.130 e. The second-order valence-electron chi connectivity index (χ2n) is 4.74.